The minimum atomic E-state index is 0.335. The number of nitrogens with zero attached hydrogens (tertiary/aromatic N) is 2. The molecule has 0 saturated carbocycles. The molecule has 110 valence electrons. The highest BCUT2D eigenvalue weighted by Crippen LogP contribution is 2.19. The van der Waals surface area contributed by atoms with E-state index in [1.807, 2.05) is 0 Å². The molecular weight excluding hydrogens is 254 g/mol. The van der Waals surface area contributed by atoms with E-state index in [0.717, 1.165) is 17.5 Å². The van der Waals surface area contributed by atoms with Gasteiger partial charge in [-0.2, -0.15) is 0 Å². The van der Waals surface area contributed by atoms with E-state index in [1.54, 1.807) is 11.3 Å². The summed E-state index contributed by atoms with van der Waals surface area (Å²) in [5.41, 5.74) is 1.17. The van der Waals surface area contributed by atoms with Crippen molar-refractivity contribution in [2.75, 3.05) is 20.6 Å². The molecule has 0 saturated heterocycles. The minimum Gasteiger partial charge on any atom is -0.307 e. The number of aromatic nitrogens is 1. The van der Waals surface area contributed by atoms with Gasteiger partial charge in [0.2, 0.25) is 0 Å². The molecule has 0 spiro atoms. The van der Waals surface area contributed by atoms with Crippen LogP contribution in [0.3, 0.4) is 0 Å². The van der Waals surface area contributed by atoms with Gasteiger partial charge in [0.15, 0.2) is 0 Å². The number of rotatable bonds is 8. The van der Waals surface area contributed by atoms with Crippen LogP contribution in [0, 0.1) is 12.8 Å². The van der Waals surface area contributed by atoms with E-state index in [4.69, 9.17) is 0 Å². The van der Waals surface area contributed by atoms with Crippen molar-refractivity contribution in [2.24, 2.45) is 5.92 Å². The molecule has 0 fully saturated rings. The van der Waals surface area contributed by atoms with Gasteiger partial charge in [-0.05, 0) is 33.9 Å². The number of hydrogen-bond donors (Lipinski definition) is 1. The second-order valence-corrected chi connectivity index (χ2v) is 6.59. The van der Waals surface area contributed by atoms with E-state index >= 15 is 0 Å². The van der Waals surface area contributed by atoms with Crippen LogP contribution < -0.4 is 5.32 Å². The quantitative estimate of drug-likeness (QED) is 0.792. The van der Waals surface area contributed by atoms with Gasteiger partial charge in [-0.25, -0.2) is 4.98 Å². The molecule has 1 rings (SSSR count). The average molecular weight is 283 g/mol. The van der Waals surface area contributed by atoms with E-state index in [1.165, 1.54) is 18.5 Å². The van der Waals surface area contributed by atoms with Gasteiger partial charge in [0.1, 0.15) is 0 Å². The number of aryl methyl sites for hydroxylation is 1. The highest BCUT2D eigenvalue weighted by atomic mass is 32.1. The van der Waals surface area contributed by atoms with Gasteiger partial charge in [-0.1, -0.05) is 26.7 Å². The molecule has 0 amide bonds. The van der Waals surface area contributed by atoms with Crippen molar-refractivity contribution in [1.82, 2.24) is 15.2 Å². The summed E-state index contributed by atoms with van der Waals surface area (Å²) in [4.78, 5) is 6.91. The summed E-state index contributed by atoms with van der Waals surface area (Å²) < 4.78 is 0. The molecule has 4 heteroatoms. The summed E-state index contributed by atoms with van der Waals surface area (Å²) in [6, 6.07) is 0.930. The standard InChI is InChI=1S/C15H29N3S/c1-7-13(8-2)15(18(5)6)9-16-11(3)14-10-19-12(4)17-14/h10-11,13,15-16H,7-9H2,1-6H3. The number of nitrogens with one attached hydrogen (secondary N) is 1. The van der Waals surface area contributed by atoms with Crippen molar-refractivity contribution >= 4 is 11.3 Å². The third-order valence-corrected chi connectivity index (χ3v) is 4.76. The number of hydrogen-bond acceptors (Lipinski definition) is 4. The first-order chi connectivity index (χ1) is 8.99. The zero-order valence-electron chi connectivity index (χ0n) is 13.2. The largest absolute Gasteiger partial charge is 0.307 e. The van der Waals surface area contributed by atoms with Crippen LogP contribution in [0.4, 0.5) is 0 Å². The fourth-order valence-corrected chi connectivity index (χ4v) is 3.29. The summed E-state index contributed by atoms with van der Waals surface area (Å²) in [5.74, 6) is 0.756. The normalized spacial score (nSPS) is 15.2. The van der Waals surface area contributed by atoms with Gasteiger partial charge in [0.25, 0.3) is 0 Å². The third kappa shape index (κ3) is 4.86. The molecule has 3 nitrogen and oxygen atoms in total. The van der Waals surface area contributed by atoms with Crippen LogP contribution in [0.5, 0.6) is 0 Å². The Morgan fingerprint density at radius 2 is 1.95 bits per heavy atom. The molecule has 2 atom stereocenters. The van der Waals surface area contributed by atoms with E-state index in [-0.39, 0.29) is 0 Å². The lowest BCUT2D eigenvalue weighted by atomic mass is 9.93. The molecule has 1 N–H and O–H groups in total. The Bertz CT molecular complexity index is 358. The van der Waals surface area contributed by atoms with Gasteiger partial charge < -0.3 is 10.2 Å². The monoisotopic (exact) mass is 283 g/mol. The van der Waals surface area contributed by atoms with Crippen molar-refractivity contribution in [2.45, 2.75) is 52.6 Å². The second kappa shape index (κ2) is 7.98. The van der Waals surface area contributed by atoms with Crippen molar-refractivity contribution in [1.29, 1.82) is 0 Å². The lowest BCUT2D eigenvalue weighted by molar-refractivity contribution is 0.190. The predicted octanol–water partition coefficient (Wildman–Crippen LogP) is 3.47. The van der Waals surface area contributed by atoms with E-state index in [2.05, 4.69) is 62.4 Å². The molecule has 2 unspecified atom stereocenters. The van der Waals surface area contributed by atoms with E-state index < -0.39 is 0 Å². The molecule has 0 aliphatic carbocycles. The molecule has 19 heavy (non-hydrogen) atoms. The Kier molecular flexibility index (Phi) is 6.97. The van der Waals surface area contributed by atoms with Gasteiger partial charge in [0.05, 0.1) is 10.7 Å². The Morgan fingerprint density at radius 1 is 1.32 bits per heavy atom. The Hall–Kier alpha value is -0.450. The van der Waals surface area contributed by atoms with Gasteiger partial charge >= 0.3 is 0 Å². The molecule has 1 heterocycles. The van der Waals surface area contributed by atoms with Crippen molar-refractivity contribution in [3.63, 3.8) is 0 Å². The van der Waals surface area contributed by atoms with Crippen LogP contribution >= 0.6 is 11.3 Å². The van der Waals surface area contributed by atoms with Crippen LogP contribution in [0.15, 0.2) is 5.38 Å². The fourth-order valence-electron chi connectivity index (χ4n) is 2.58. The molecule has 1 aromatic rings. The molecule has 0 radical (unpaired) electrons. The molecule has 0 aliphatic heterocycles. The SMILES string of the molecule is CCC(CC)C(CNC(C)c1csc(C)n1)N(C)C. The maximum absolute atomic E-state index is 4.56. The van der Waals surface area contributed by atoms with Crippen LogP contribution in [0.25, 0.3) is 0 Å². The highest BCUT2D eigenvalue weighted by Gasteiger charge is 2.21. The zero-order chi connectivity index (χ0) is 14.4. The third-order valence-electron chi connectivity index (χ3n) is 3.97. The van der Waals surface area contributed by atoms with Crippen LogP contribution in [-0.2, 0) is 0 Å². The first kappa shape index (κ1) is 16.6. The summed E-state index contributed by atoms with van der Waals surface area (Å²) in [7, 11) is 4.37. The molecule has 0 aliphatic rings. The van der Waals surface area contributed by atoms with Crippen LogP contribution in [-0.4, -0.2) is 36.6 Å². The minimum absolute atomic E-state index is 0.335. The maximum atomic E-state index is 4.56. The summed E-state index contributed by atoms with van der Waals surface area (Å²) in [6.45, 7) is 9.87. The number of likely N-dealkylation sites (N-methyl/N-ethyl adjacent to an activating group) is 1. The van der Waals surface area contributed by atoms with Crippen LogP contribution in [0.2, 0.25) is 0 Å². The van der Waals surface area contributed by atoms with E-state index in [0.29, 0.717) is 12.1 Å². The van der Waals surface area contributed by atoms with Gasteiger partial charge in [0, 0.05) is 24.0 Å². The Balaban J connectivity index is 2.56. The first-order valence-corrected chi connectivity index (χ1v) is 8.19. The van der Waals surface area contributed by atoms with Crippen LogP contribution in [0.1, 0.15) is 50.4 Å². The second-order valence-electron chi connectivity index (χ2n) is 5.53. The Morgan fingerprint density at radius 3 is 2.37 bits per heavy atom. The molecular formula is C15H29N3S. The van der Waals surface area contributed by atoms with Gasteiger partial charge in [-0.3, -0.25) is 0 Å². The van der Waals surface area contributed by atoms with Crippen molar-refractivity contribution in [3.05, 3.63) is 16.1 Å². The zero-order valence-corrected chi connectivity index (χ0v) is 14.0. The van der Waals surface area contributed by atoms with Crippen molar-refractivity contribution in [3.8, 4) is 0 Å². The van der Waals surface area contributed by atoms with Gasteiger partial charge in [-0.15, -0.1) is 11.3 Å². The molecule has 0 aromatic carbocycles. The lowest BCUT2D eigenvalue weighted by Crippen LogP contribution is -2.43. The molecule has 0 bridgehead atoms. The van der Waals surface area contributed by atoms with E-state index in [9.17, 15) is 0 Å². The first-order valence-electron chi connectivity index (χ1n) is 7.31. The Labute approximate surface area is 122 Å². The smallest absolute Gasteiger partial charge is 0.0898 e. The summed E-state index contributed by atoms with van der Waals surface area (Å²) in [5, 5.41) is 6.95. The maximum Gasteiger partial charge on any atom is 0.0898 e. The topological polar surface area (TPSA) is 28.2 Å². The lowest BCUT2D eigenvalue weighted by Gasteiger charge is -2.32. The molecule has 1 aromatic heterocycles. The summed E-state index contributed by atoms with van der Waals surface area (Å²) >= 11 is 1.73. The highest BCUT2D eigenvalue weighted by molar-refractivity contribution is 7.09. The summed E-state index contributed by atoms with van der Waals surface area (Å²) in [6.07, 6.45) is 2.48. The number of thiazole rings is 1. The predicted molar refractivity (Wildman–Crippen MR) is 84.8 cm³/mol. The average Bonchev–Trinajstić information content (AvgIpc) is 2.80. The van der Waals surface area contributed by atoms with Crippen molar-refractivity contribution < 1.29 is 0 Å². The fraction of sp³-hybridized carbons (Fsp3) is 0.800.